The fourth-order valence-electron chi connectivity index (χ4n) is 2.81. The summed E-state index contributed by atoms with van der Waals surface area (Å²) >= 11 is 0. The molecule has 0 radical (unpaired) electrons. The molecule has 1 saturated heterocycles. The molecule has 29 heavy (non-hydrogen) atoms. The molecule has 2 aromatic rings. The van der Waals surface area contributed by atoms with E-state index in [0.29, 0.717) is 11.8 Å². The predicted octanol–water partition coefficient (Wildman–Crippen LogP) is 3.22. The summed E-state index contributed by atoms with van der Waals surface area (Å²) in [5, 5.41) is 2.54. The van der Waals surface area contributed by atoms with Crippen LogP contribution in [0.5, 0.6) is 0 Å². The zero-order valence-corrected chi connectivity index (χ0v) is 15.8. The molecule has 0 bridgehead atoms. The molecule has 0 unspecified atom stereocenters. The van der Waals surface area contributed by atoms with Crippen molar-refractivity contribution in [3.63, 3.8) is 0 Å². The van der Waals surface area contributed by atoms with Crippen LogP contribution in [0.3, 0.4) is 0 Å². The van der Waals surface area contributed by atoms with Crippen molar-refractivity contribution < 1.29 is 31.2 Å². The average molecular weight is 429 g/mol. The van der Waals surface area contributed by atoms with Gasteiger partial charge in [0.2, 0.25) is 10.0 Å². The van der Waals surface area contributed by atoms with Crippen LogP contribution in [0.25, 0.3) is 0 Å². The highest BCUT2D eigenvalue weighted by Crippen LogP contribution is 2.31. The van der Waals surface area contributed by atoms with Crippen LogP contribution < -0.4 is 10.8 Å². The number of hydroxylamine groups is 1. The first-order valence-electron chi connectivity index (χ1n) is 8.61. The van der Waals surface area contributed by atoms with E-state index in [9.17, 15) is 26.4 Å². The Balaban J connectivity index is 1.58. The maximum absolute atomic E-state index is 12.9. The van der Waals surface area contributed by atoms with Gasteiger partial charge in [0.25, 0.3) is 0 Å². The number of nitrogens with one attached hydrogen (secondary N) is 2. The molecule has 2 N–H and O–H groups in total. The van der Waals surface area contributed by atoms with Crippen LogP contribution in [0.4, 0.5) is 23.7 Å². The third-order valence-electron chi connectivity index (χ3n) is 4.26. The van der Waals surface area contributed by atoms with Crippen LogP contribution in [0.2, 0.25) is 0 Å². The number of hydrogen-bond acceptors (Lipinski definition) is 4. The molecule has 1 aliphatic heterocycles. The number of alkyl halides is 3. The minimum absolute atomic E-state index is 0.0607. The molecular weight excluding hydrogens is 411 g/mol. The van der Waals surface area contributed by atoms with Gasteiger partial charge in [-0.1, -0.05) is 24.3 Å². The van der Waals surface area contributed by atoms with Crippen LogP contribution in [0.1, 0.15) is 12.0 Å². The number of para-hydroxylation sites is 1. The third kappa shape index (κ3) is 5.25. The van der Waals surface area contributed by atoms with Crippen molar-refractivity contribution >= 4 is 21.7 Å². The van der Waals surface area contributed by atoms with E-state index in [1.54, 1.807) is 30.3 Å². The summed E-state index contributed by atoms with van der Waals surface area (Å²) in [4.78, 5) is 16.6. The molecule has 2 amide bonds. The lowest BCUT2D eigenvalue weighted by Crippen LogP contribution is -2.35. The SMILES string of the molecule is O=C(NO[C@@H]1CCN(S(=O)(=O)c2cccc(C(F)(F)F)c2)C1)Nc1ccccc1. The van der Waals surface area contributed by atoms with Crippen molar-refractivity contribution in [3.8, 4) is 0 Å². The number of amides is 2. The predicted molar refractivity (Wildman–Crippen MR) is 98.3 cm³/mol. The molecule has 2 aromatic carbocycles. The van der Waals surface area contributed by atoms with E-state index in [2.05, 4.69) is 10.8 Å². The highest BCUT2D eigenvalue weighted by molar-refractivity contribution is 7.89. The Bertz CT molecular complexity index is 968. The van der Waals surface area contributed by atoms with E-state index in [1.807, 2.05) is 0 Å². The van der Waals surface area contributed by atoms with E-state index in [0.717, 1.165) is 22.5 Å². The maximum Gasteiger partial charge on any atom is 0.416 e. The molecule has 1 fully saturated rings. The van der Waals surface area contributed by atoms with Gasteiger partial charge in [0.05, 0.1) is 10.5 Å². The first-order valence-corrected chi connectivity index (χ1v) is 10.1. The van der Waals surface area contributed by atoms with Gasteiger partial charge in [-0.3, -0.25) is 4.84 Å². The minimum Gasteiger partial charge on any atom is -0.306 e. The summed E-state index contributed by atoms with van der Waals surface area (Å²) in [5.74, 6) is 0. The minimum atomic E-state index is -4.64. The number of sulfonamides is 1. The summed E-state index contributed by atoms with van der Waals surface area (Å²) < 4.78 is 64.9. The van der Waals surface area contributed by atoms with E-state index in [-0.39, 0.29) is 19.5 Å². The van der Waals surface area contributed by atoms with Gasteiger partial charge < -0.3 is 5.32 Å². The number of hydrogen-bond donors (Lipinski definition) is 2. The first-order chi connectivity index (χ1) is 13.7. The smallest absolute Gasteiger partial charge is 0.306 e. The quantitative estimate of drug-likeness (QED) is 0.715. The van der Waals surface area contributed by atoms with Gasteiger partial charge in [-0.25, -0.2) is 18.7 Å². The molecule has 7 nitrogen and oxygen atoms in total. The van der Waals surface area contributed by atoms with Crippen LogP contribution in [0, 0.1) is 0 Å². The number of urea groups is 1. The molecule has 0 aromatic heterocycles. The Hall–Kier alpha value is -2.63. The molecule has 0 aliphatic carbocycles. The average Bonchev–Trinajstić information content (AvgIpc) is 3.17. The maximum atomic E-state index is 12.9. The molecule has 11 heteroatoms. The van der Waals surface area contributed by atoms with Gasteiger partial charge in [-0.15, -0.1) is 0 Å². The Morgan fingerprint density at radius 3 is 2.52 bits per heavy atom. The van der Waals surface area contributed by atoms with Crippen LogP contribution in [-0.2, 0) is 21.0 Å². The second-order valence-corrected chi connectivity index (χ2v) is 8.28. The summed E-state index contributed by atoms with van der Waals surface area (Å²) in [7, 11) is -4.12. The fourth-order valence-corrected chi connectivity index (χ4v) is 4.34. The largest absolute Gasteiger partial charge is 0.416 e. The molecule has 3 rings (SSSR count). The summed E-state index contributed by atoms with van der Waals surface area (Å²) in [6, 6.07) is 11.6. The van der Waals surface area contributed by atoms with E-state index < -0.39 is 38.8 Å². The van der Waals surface area contributed by atoms with Crippen molar-refractivity contribution in [1.82, 2.24) is 9.79 Å². The van der Waals surface area contributed by atoms with Crippen molar-refractivity contribution in [3.05, 3.63) is 60.2 Å². The molecule has 1 aliphatic rings. The van der Waals surface area contributed by atoms with Gasteiger partial charge in [0.1, 0.15) is 6.10 Å². The Morgan fingerprint density at radius 1 is 1.10 bits per heavy atom. The van der Waals surface area contributed by atoms with Gasteiger partial charge in [0, 0.05) is 18.8 Å². The highest BCUT2D eigenvalue weighted by Gasteiger charge is 2.36. The van der Waals surface area contributed by atoms with Crippen LogP contribution >= 0.6 is 0 Å². The second kappa shape index (κ2) is 8.39. The number of halogens is 3. The third-order valence-corrected chi connectivity index (χ3v) is 6.12. The van der Waals surface area contributed by atoms with Crippen LogP contribution in [0.15, 0.2) is 59.5 Å². The molecule has 1 heterocycles. The molecule has 1 atom stereocenters. The van der Waals surface area contributed by atoms with E-state index >= 15 is 0 Å². The fraction of sp³-hybridized carbons (Fsp3) is 0.278. The van der Waals surface area contributed by atoms with Crippen molar-refractivity contribution in [2.45, 2.75) is 23.6 Å². The van der Waals surface area contributed by atoms with Crippen molar-refractivity contribution in [2.24, 2.45) is 0 Å². The Labute approximate surface area is 165 Å². The van der Waals surface area contributed by atoms with Gasteiger partial charge in [-0.2, -0.15) is 17.5 Å². The molecule has 0 spiro atoms. The number of rotatable bonds is 5. The summed E-state index contributed by atoms with van der Waals surface area (Å²) in [5.41, 5.74) is 1.71. The Kier molecular flexibility index (Phi) is 6.10. The second-order valence-electron chi connectivity index (χ2n) is 6.34. The molecule has 156 valence electrons. The lowest BCUT2D eigenvalue weighted by atomic mass is 10.2. The Morgan fingerprint density at radius 2 is 1.83 bits per heavy atom. The number of benzene rings is 2. The standard InChI is InChI=1S/C18H18F3N3O4S/c19-18(20,21)13-5-4-8-16(11-13)29(26,27)24-10-9-15(12-24)28-23-17(25)22-14-6-2-1-3-7-14/h1-8,11,15H,9-10,12H2,(H2,22,23,25)/t15-/m1/s1. The summed E-state index contributed by atoms with van der Waals surface area (Å²) in [6.45, 7) is -0.0323. The monoisotopic (exact) mass is 429 g/mol. The topological polar surface area (TPSA) is 87.7 Å². The molecular formula is C18H18F3N3O4S. The number of carbonyl (C=O) groups is 1. The lowest BCUT2D eigenvalue weighted by molar-refractivity contribution is -0.137. The first kappa shape index (κ1) is 21.1. The number of nitrogens with zero attached hydrogens (tertiary/aromatic N) is 1. The summed E-state index contributed by atoms with van der Waals surface area (Å²) in [6.07, 6.45) is -4.99. The number of carbonyl (C=O) groups excluding carboxylic acids is 1. The highest BCUT2D eigenvalue weighted by atomic mass is 32.2. The van der Waals surface area contributed by atoms with Gasteiger partial charge >= 0.3 is 12.2 Å². The van der Waals surface area contributed by atoms with E-state index in [1.165, 1.54) is 0 Å². The van der Waals surface area contributed by atoms with Crippen LogP contribution in [-0.4, -0.2) is 37.9 Å². The van der Waals surface area contributed by atoms with Crippen molar-refractivity contribution in [1.29, 1.82) is 0 Å². The zero-order valence-electron chi connectivity index (χ0n) is 15.0. The van der Waals surface area contributed by atoms with Gasteiger partial charge in [-0.05, 0) is 36.8 Å². The van der Waals surface area contributed by atoms with Gasteiger partial charge in [0.15, 0.2) is 0 Å². The zero-order chi connectivity index (χ0) is 21.1. The van der Waals surface area contributed by atoms with Crippen molar-refractivity contribution in [2.75, 3.05) is 18.4 Å². The normalized spacial score (nSPS) is 17.8. The molecule has 0 saturated carbocycles. The number of anilines is 1. The van der Waals surface area contributed by atoms with E-state index in [4.69, 9.17) is 4.84 Å². The lowest BCUT2D eigenvalue weighted by Gasteiger charge is -2.18.